The molecule has 0 amide bonds. The SMILES string of the molecule is Cc1cccc(OCCC(=N)N)c1. The molecule has 0 heterocycles. The van der Waals surface area contributed by atoms with E-state index in [-0.39, 0.29) is 5.84 Å². The molecule has 0 bridgehead atoms. The minimum atomic E-state index is 0.160. The first-order chi connectivity index (χ1) is 6.18. The van der Waals surface area contributed by atoms with Crippen molar-refractivity contribution in [2.75, 3.05) is 6.61 Å². The molecule has 1 rings (SSSR count). The van der Waals surface area contributed by atoms with Crippen LogP contribution in [0.1, 0.15) is 12.0 Å². The van der Waals surface area contributed by atoms with E-state index in [0.717, 1.165) is 5.75 Å². The van der Waals surface area contributed by atoms with E-state index < -0.39 is 0 Å². The van der Waals surface area contributed by atoms with E-state index in [2.05, 4.69) is 0 Å². The normalized spacial score (nSPS) is 9.62. The van der Waals surface area contributed by atoms with Gasteiger partial charge in [0.05, 0.1) is 12.4 Å². The molecule has 0 aliphatic rings. The van der Waals surface area contributed by atoms with Crippen LogP contribution >= 0.6 is 0 Å². The molecule has 13 heavy (non-hydrogen) atoms. The van der Waals surface area contributed by atoms with Gasteiger partial charge in [-0.05, 0) is 24.6 Å². The molecule has 3 N–H and O–H groups in total. The van der Waals surface area contributed by atoms with E-state index in [4.69, 9.17) is 15.9 Å². The van der Waals surface area contributed by atoms with Gasteiger partial charge in [0.15, 0.2) is 0 Å². The van der Waals surface area contributed by atoms with Crippen LogP contribution in [0.15, 0.2) is 24.3 Å². The van der Waals surface area contributed by atoms with Crippen molar-refractivity contribution in [2.24, 2.45) is 5.73 Å². The van der Waals surface area contributed by atoms with Crippen LogP contribution < -0.4 is 10.5 Å². The highest BCUT2D eigenvalue weighted by Crippen LogP contribution is 2.12. The fourth-order valence-electron chi connectivity index (χ4n) is 0.984. The summed E-state index contributed by atoms with van der Waals surface area (Å²) in [4.78, 5) is 0. The fraction of sp³-hybridized carbons (Fsp3) is 0.300. The minimum absolute atomic E-state index is 0.160. The molecular weight excluding hydrogens is 164 g/mol. The van der Waals surface area contributed by atoms with Gasteiger partial charge in [0, 0.05) is 6.42 Å². The predicted molar refractivity (Wildman–Crippen MR) is 53.2 cm³/mol. The minimum Gasteiger partial charge on any atom is -0.493 e. The third-order valence-corrected chi connectivity index (χ3v) is 1.63. The summed E-state index contributed by atoms with van der Waals surface area (Å²) in [5.41, 5.74) is 6.36. The van der Waals surface area contributed by atoms with Crippen molar-refractivity contribution in [3.63, 3.8) is 0 Å². The molecule has 0 fully saturated rings. The lowest BCUT2D eigenvalue weighted by Gasteiger charge is -2.05. The summed E-state index contributed by atoms with van der Waals surface area (Å²) in [6.45, 7) is 2.48. The lowest BCUT2D eigenvalue weighted by Crippen LogP contribution is -2.13. The molecular formula is C10H14N2O. The maximum atomic E-state index is 7.00. The highest BCUT2D eigenvalue weighted by Gasteiger charge is 1.94. The van der Waals surface area contributed by atoms with Crippen molar-refractivity contribution in [3.05, 3.63) is 29.8 Å². The summed E-state index contributed by atoms with van der Waals surface area (Å²) in [7, 11) is 0. The van der Waals surface area contributed by atoms with Crippen LogP contribution in [0.5, 0.6) is 5.75 Å². The fourth-order valence-corrected chi connectivity index (χ4v) is 0.984. The summed E-state index contributed by atoms with van der Waals surface area (Å²) in [5.74, 6) is 0.994. The molecule has 0 radical (unpaired) electrons. The van der Waals surface area contributed by atoms with Gasteiger partial charge in [-0.15, -0.1) is 0 Å². The van der Waals surface area contributed by atoms with Crippen molar-refractivity contribution in [1.29, 1.82) is 5.41 Å². The number of hydrogen-bond acceptors (Lipinski definition) is 2. The van der Waals surface area contributed by atoms with Gasteiger partial charge in [-0.1, -0.05) is 12.1 Å². The quantitative estimate of drug-likeness (QED) is 0.544. The number of ether oxygens (including phenoxy) is 1. The molecule has 70 valence electrons. The van der Waals surface area contributed by atoms with Gasteiger partial charge in [-0.2, -0.15) is 0 Å². The van der Waals surface area contributed by atoms with E-state index in [1.165, 1.54) is 5.56 Å². The van der Waals surface area contributed by atoms with E-state index in [1.54, 1.807) is 0 Å². The predicted octanol–water partition coefficient (Wildman–Crippen LogP) is 1.70. The van der Waals surface area contributed by atoms with Crippen LogP contribution in [-0.2, 0) is 0 Å². The molecule has 1 aromatic carbocycles. The highest BCUT2D eigenvalue weighted by atomic mass is 16.5. The molecule has 0 aromatic heterocycles. The summed E-state index contributed by atoms with van der Waals surface area (Å²) in [6.07, 6.45) is 0.480. The van der Waals surface area contributed by atoms with Crippen LogP contribution in [0.2, 0.25) is 0 Å². The van der Waals surface area contributed by atoms with Crippen LogP contribution in [0.25, 0.3) is 0 Å². The molecule has 0 saturated carbocycles. The maximum absolute atomic E-state index is 7.00. The molecule has 3 nitrogen and oxygen atoms in total. The Bertz CT molecular complexity index is 297. The average molecular weight is 178 g/mol. The van der Waals surface area contributed by atoms with Gasteiger partial charge in [-0.25, -0.2) is 0 Å². The lowest BCUT2D eigenvalue weighted by atomic mass is 10.2. The first kappa shape index (κ1) is 9.58. The van der Waals surface area contributed by atoms with Gasteiger partial charge >= 0.3 is 0 Å². The van der Waals surface area contributed by atoms with Crippen molar-refractivity contribution < 1.29 is 4.74 Å². The molecule has 0 unspecified atom stereocenters. The lowest BCUT2D eigenvalue weighted by molar-refractivity contribution is 0.328. The summed E-state index contributed by atoms with van der Waals surface area (Å²) in [6, 6.07) is 7.81. The molecule has 3 heteroatoms. The number of nitrogens with two attached hydrogens (primary N) is 1. The molecule has 0 aliphatic heterocycles. The third kappa shape index (κ3) is 3.60. The van der Waals surface area contributed by atoms with Gasteiger partial charge < -0.3 is 10.5 Å². The van der Waals surface area contributed by atoms with Crippen LogP contribution in [0.3, 0.4) is 0 Å². The Morgan fingerprint density at radius 3 is 2.92 bits per heavy atom. The molecule has 0 spiro atoms. The van der Waals surface area contributed by atoms with Crippen LogP contribution in [0.4, 0.5) is 0 Å². The zero-order valence-corrected chi connectivity index (χ0v) is 7.71. The number of rotatable bonds is 4. The Morgan fingerprint density at radius 1 is 1.54 bits per heavy atom. The monoisotopic (exact) mass is 178 g/mol. The molecule has 0 aliphatic carbocycles. The maximum Gasteiger partial charge on any atom is 0.119 e. The van der Waals surface area contributed by atoms with Gasteiger partial charge in [0.1, 0.15) is 5.75 Å². The van der Waals surface area contributed by atoms with E-state index in [9.17, 15) is 0 Å². The number of aryl methyl sites for hydroxylation is 1. The molecule has 0 atom stereocenters. The van der Waals surface area contributed by atoms with Gasteiger partial charge in [0.2, 0.25) is 0 Å². The van der Waals surface area contributed by atoms with Crippen molar-refractivity contribution in [1.82, 2.24) is 0 Å². The Balaban J connectivity index is 2.41. The number of hydrogen-bond donors (Lipinski definition) is 2. The zero-order chi connectivity index (χ0) is 9.68. The summed E-state index contributed by atoms with van der Waals surface area (Å²) >= 11 is 0. The number of amidine groups is 1. The van der Waals surface area contributed by atoms with Crippen molar-refractivity contribution >= 4 is 5.84 Å². The second-order valence-electron chi connectivity index (χ2n) is 2.94. The van der Waals surface area contributed by atoms with Gasteiger partial charge in [-0.3, -0.25) is 5.41 Å². The largest absolute Gasteiger partial charge is 0.493 e. The topological polar surface area (TPSA) is 59.1 Å². The standard InChI is InChI=1S/C10H14N2O/c1-8-3-2-4-9(7-8)13-6-5-10(11)12/h2-4,7H,5-6H2,1H3,(H3,11,12). The first-order valence-corrected chi connectivity index (χ1v) is 4.21. The smallest absolute Gasteiger partial charge is 0.119 e. The number of benzene rings is 1. The Kier molecular flexibility index (Phi) is 3.31. The summed E-state index contributed by atoms with van der Waals surface area (Å²) in [5, 5.41) is 7.00. The van der Waals surface area contributed by atoms with Crippen LogP contribution in [0, 0.1) is 12.3 Å². The van der Waals surface area contributed by atoms with Crippen molar-refractivity contribution in [2.45, 2.75) is 13.3 Å². The Hall–Kier alpha value is -1.51. The third-order valence-electron chi connectivity index (χ3n) is 1.63. The van der Waals surface area contributed by atoms with Crippen molar-refractivity contribution in [3.8, 4) is 5.75 Å². The van der Waals surface area contributed by atoms with E-state index in [1.807, 2.05) is 31.2 Å². The zero-order valence-electron chi connectivity index (χ0n) is 7.71. The second-order valence-corrected chi connectivity index (χ2v) is 2.94. The molecule has 1 aromatic rings. The van der Waals surface area contributed by atoms with Crippen LogP contribution in [-0.4, -0.2) is 12.4 Å². The Labute approximate surface area is 78.0 Å². The van der Waals surface area contributed by atoms with Gasteiger partial charge in [0.25, 0.3) is 0 Å². The van der Waals surface area contributed by atoms with E-state index in [0.29, 0.717) is 13.0 Å². The average Bonchev–Trinajstić information content (AvgIpc) is 2.03. The first-order valence-electron chi connectivity index (χ1n) is 4.21. The highest BCUT2D eigenvalue weighted by molar-refractivity contribution is 5.76. The summed E-state index contributed by atoms with van der Waals surface area (Å²) < 4.78 is 5.38. The second kappa shape index (κ2) is 4.50. The Morgan fingerprint density at radius 2 is 2.31 bits per heavy atom. The number of nitrogens with one attached hydrogen (secondary N) is 1. The molecule has 0 saturated heterocycles. The van der Waals surface area contributed by atoms with E-state index >= 15 is 0 Å².